The number of hydrogen-bond acceptors (Lipinski definition) is 5. The molecule has 2 heterocycles. The van der Waals surface area contributed by atoms with Gasteiger partial charge in [-0.1, -0.05) is 18.2 Å². The molecule has 0 bridgehead atoms. The van der Waals surface area contributed by atoms with Crippen molar-refractivity contribution in [2.45, 2.75) is 41.5 Å². The summed E-state index contributed by atoms with van der Waals surface area (Å²) >= 11 is 0. The lowest BCUT2D eigenvalue weighted by Crippen LogP contribution is -2.17. The largest absolute Gasteiger partial charge is 0.490 e. The van der Waals surface area contributed by atoms with Crippen LogP contribution in [0.5, 0.6) is 11.5 Å². The zero-order valence-electron chi connectivity index (χ0n) is 20.5. The Morgan fingerprint density at radius 2 is 1.74 bits per heavy atom. The van der Waals surface area contributed by atoms with Crippen LogP contribution in [0.3, 0.4) is 0 Å². The zero-order valence-corrected chi connectivity index (χ0v) is 20.5. The first-order valence-electron chi connectivity index (χ1n) is 11.5. The summed E-state index contributed by atoms with van der Waals surface area (Å²) in [7, 11) is 0. The molecule has 4 rings (SSSR count). The van der Waals surface area contributed by atoms with Crippen LogP contribution in [0.15, 0.2) is 42.6 Å². The fourth-order valence-corrected chi connectivity index (χ4v) is 4.05. The highest BCUT2D eigenvalue weighted by atomic mass is 16.5. The van der Waals surface area contributed by atoms with Crippen molar-refractivity contribution in [3.63, 3.8) is 0 Å². The highest BCUT2D eigenvalue weighted by molar-refractivity contribution is 6.05. The van der Waals surface area contributed by atoms with Gasteiger partial charge in [-0.05, 0) is 76.4 Å². The van der Waals surface area contributed by atoms with E-state index in [-0.39, 0.29) is 5.91 Å². The highest BCUT2D eigenvalue weighted by Gasteiger charge is 2.20. The van der Waals surface area contributed by atoms with Gasteiger partial charge in [-0.25, -0.2) is 9.50 Å². The van der Waals surface area contributed by atoms with Crippen molar-refractivity contribution < 1.29 is 14.3 Å². The number of nitrogens with zero attached hydrogens (tertiary/aromatic N) is 3. The maximum atomic E-state index is 13.1. The molecule has 0 aliphatic carbocycles. The smallest absolute Gasteiger partial charge is 0.259 e. The lowest BCUT2D eigenvalue weighted by molar-refractivity contribution is 0.102. The second-order valence-electron chi connectivity index (χ2n) is 8.18. The minimum atomic E-state index is -0.213. The SMILES string of the molecule is CCOc1ccc(-c2c(C)nn3c(C)c(C(=O)Nc4cccc(C)c4C)cnc23)cc1OCC. The van der Waals surface area contributed by atoms with Crippen LogP contribution in [-0.2, 0) is 0 Å². The lowest BCUT2D eigenvalue weighted by atomic mass is 10.1. The van der Waals surface area contributed by atoms with Gasteiger partial charge in [0, 0.05) is 17.4 Å². The molecule has 0 fully saturated rings. The number of benzene rings is 2. The van der Waals surface area contributed by atoms with Crippen molar-refractivity contribution >= 4 is 17.2 Å². The van der Waals surface area contributed by atoms with Crippen molar-refractivity contribution in [3.8, 4) is 22.6 Å². The minimum Gasteiger partial charge on any atom is -0.490 e. The average molecular weight is 459 g/mol. The van der Waals surface area contributed by atoms with E-state index in [9.17, 15) is 4.79 Å². The Hall–Kier alpha value is -3.87. The number of carbonyl (C=O) groups excluding carboxylic acids is 1. The number of ether oxygens (including phenoxy) is 2. The Morgan fingerprint density at radius 1 is 1.00 bits per heavy atom. The number of aryl methyl sites for hydroxylation is 3. The molecule has 34 heavy (non-hydrogen) atoms. The van der Waals surface area contributed by atoms with Gasteiger partial charge in [0.05, 0.1) is 30.2 Å². The molecule has 0 saturated carbocycles. The lowest BCUT2D eigenvalue weighted by Gasteiger charge is -2.13. The van der Waals surface area contributed by atoms with Gasteiger partial charge in [-0.3, -0.25) is 4.79 Å². The van der Waals surface area contributed by atoms with E-state index in [2.05, 4.69) is 10.3 Å². The summed E-state index contributed by atoms with van der Waals surface area (Å²) in [6.07, 6.45) is 1.62. The molecule has 4 aromatic rings. The van der Waals surface area contributed by atoms with E-state index in [0.717, 1.165) is 39.3 Å². The van der Waals surface area contributed by atoms with E-state index in [0.29, 0.717) is 35.9 Å². The van der Waals surface area contributed by atoms with Crippen molar-refractivity contribution in [2.75, 3.05) is 18.5 Å². The standard InChI is InChI=1S/C27H30N4O3/c1-7-33-23-13-12-20(14-24(23)34-8-2)25-18(5)30-31-19(6)21(15-28-26(25)31)27(32)29-22-11-9-10-16(3)17(22)4/h9-15H,7-8H2,1-6H3,(H,29,32). The van der Waals surface area contributed by atoms with Crippen molar-refractivity contribution in [2.24, 2.45) is 0 Å². The Morgan fingerprint density at radius 3 is 2.47 bits per heavy atom. The van der Waals surface area contributed by atoms with Crippen LogP contribution in [0.25, 0.3) is 16.8 Å². The predicted molar refractivity (Wildman–Crippen MR) is 134 cm³/mol. The molecule has 0 saturated heterocycles. The number of aromatic nitrogens is 3. The summed E-state index contributed by atoms with van der Waals surface area (Å²) in [4.78, 5) is 17.7. The van der Waals surface area contributed by atoms with E-state index in [4.69, 9.17) is 14.6 Å². The number of carbonyl (C=O) groups is 1. The average Bonchev–Trinajstić information content (AvgIpc) is 3.15. The predicted octanol–water partition coefficient (Wildman–Crippen LogP) is 5.68. The van der Waals surface area contributed by atoms with E-state index >= 15 is 0 Å². The van der Waals surface area contributed by atoms with E-state index < -0.39 is 0 Å². The van der Waals surface area contributed by atoms with Crippen LogP contribution in [0, 0.1) is 27.7 Å². The minimum absolute atomic E-state index is 0.213. The molecule has 0 atom stereocenters. The number of anilines is 1. The summed E-state index contributed by atoms with van der Waals surface area (Å²) in [6, 6.07) is 11.7. The van der Waals surface area contributed by atoms with Gasteiger partial charge < -0.3 is 14.8 Å². The van der Waals surface area contributed by atoms with E-state index in [1.54, 1.807) is 10.7 Å². The highest BCUT2D eigenvalue weighted by Crippen LogP contribution is 2.36. The summed E-state index contributed by atoms with van der Waals surface area (Å²) in [6.45, 7) is 12.8. The molecule has 0 spiro atoms. The third-order valence-corrected chi connectivity index (χ3v) is 5.99. The van der Waals surface area contributed by atoms with Crippen molar-refractivity contribution in [3.05, 3.63) is 70.7 Å². The number of hydrogen-bond donors (Lipinski definition) is 1. The first kappa shape index (κ1) is 23.3. The van der Waals surface area contributed by atoms with Crippen LogP contribution in [0.2, 0.25) is 0 Å². The summed E-state index contributed by atoms with van der Waals surface area (Å²) in [5, 5.41) is 7.72. The number of amides is 1. The van der Waals surface area contributed by atoms with Crippen molar-refractivity contribution in [1.82, 2.24) is 14.6 Å². The fraction of sp³-hybridized carbons (Fsp3) is 0.296. The molecule has 2 aromatic heterocycles. The molecule has 1 amide bonds. The van der Waals surface area contributed by atoms with E-state index in [1.165, 1.54) is 0 Å². The van der Waals surface area contributed by atoms with Crippen LogP contribution in [-0.4, -0.2) is 33.7 Å². The molecule has 0 unspecified atom stereocenters. The Bertz CT molecular complexity index is 1370. The molecule has 0 radical (unpaired) electrons. The Kier molecular flexibility index (Phi) is 6.54. The van der Waals surface area contributed by atoms with Crippen molar-refractivity contribution in [1.29, 1.82) is 0 Å². The zero-order chi connectivity index (χ0) is 24.4. The molecule has 7 nitrogen and oxygen atoms in total. The van der Waals surface area contributed by atoms with Gasteiger partial charge >= 0.3 is 0 Å². The monoisotopic (exact) mass is 458 g/mol. The van der Waals surface area contributed by atoms with Crippen LogP contribution >= 0.6 is 0 Å². The second-order valence-corrected chi connectivity index (χ2v) is 8.18. The second kappa shape index (κ2) is 9.55. The van der Waals surface area contributed by atoms with Gasteiger partial charge in [-0.2, -0.15) is 5.10 Å². The first-order chi connectivity index (χ1) is 16.3. The molecule has 2 aromatic carbocycles. The van der Waals surface area contributed by atoms with Gasteiger partial charge in [0.2, 0.25) is 0 Å². The van der Waals surface area contributed by atoms with Crippen LogP contribution in [0.1, 0.15) is 46.7 Å². The quantitative estimate of drug-likeness (QED) is 0.386. The molecule has 0 aliphatic rings. The third kappa shape index (κ3) is 4.21. The van der Waals surface area contributed by atoms with Gasteiger partial charge in [0.1, 0.15) is 0 Å². The van der Waals surface area contributed by atoms with Crippen LogP contribution < -0.4 is 14.8 Å². The molecule has 0 aliphatic heterocycles. The molecule has 176 valence electrons. The number of nitrogens with one attached hydrogen (secondary N) is 1. The topological polar surface area (TPSA) is 77.8 Å². The summed E-state index contributed by atoms with van der Waals surface area (Å²) < 4.78 is 13.2. The Labute approximate surface area is 199 Å². The molecular formula is C27H30N4O3. The normalized spacial score (nSPS) is 11.0. The molecule has 7 heteroatoms. The first-order valence-corrected chi connectivity index (χ1v) is 11.5. The Balaban J connectivity index is 1.74. The number of rotatable bonds is 7. The van der Waals surface area contributed by atoms with Gasteiger partial charge in [0.25, 0.3) is 5.91 Å². The fourth-order valence-electron chi connectivity index (χ4n) is 4.05. The van der Waals surface area contributed by atoms with Crippen LogP contribution in [0.4, 0.5) is 5.69 Å². The van der Waals surface area contributed by atoms with Gasteiger partial charge in [-0.15, -0.1) is 0 Å². The molecule has 1 N–H and O–H groups in total. The number of fused-ring (bicyclic) bond motifs is 1. The summed E-state index contributed by atoms with van der Waals surface area (Å²) in [5.41, 5.74) is 7.48. The maximum absolute atomic E-state index is 13.1. The van der Waals surface area contributed by atoms with E-state index in [1.807, 2.05) is 77.9 Å². The summed E-state index contributed by atoms with van der Waals surface area (Å²) in [5.74, 6) is 1.17. The third-order valence-electron chi connectivity index (χ3n) is 5.99. The maximum Gasteiger partial charge on any atom is 0.259 e. The molecular weight excluding hydrogens is 428 g/mol. The van der Waals surface area contributed by atoms with Gasteiger partial charge in [0.15, 0.2) is 17.1 Å².